The van der Waals surface area contributed by atoms with Gasteiger partial charge in [0.15, 0.2) is 5.16 Å². The molecular weight excluding hydrogens is 393 g/mol. The zero-order valence-electron chi connectivity index (χ0n) is 15.6. The minimum absolute atomic E-state index is 0.160. The fraction of sp³-hybridized carbons (Fsp3) is 0.190. The Kier molecular flexibility index (Phi) is 5.35. The Balaban J connectivity index is 1.64. The first-order valence-corrected chi connectivity index (χ1v) is 9.97. The second kappa shape index (κ2) is 8.08. The summed E-state index contributed by atoms with van der Waals surface area (Å²) in [6.45, 7) is 0. The molecule has 1 aliphatic heterocycles. The summed E-state index contributed by atoms with van der Waals surface area (Å²) < 4.78 is 18.3. The number of methoxy groups -OCH3 is 1. The summed E-state index contributed by atoms with van der Waals surface area (Å²) in [5, 5.41) is 3.10. The molecular formula is C21H18FN3O3S. The van der Waals surface area contributed by atoms with Crippen LogP contribution in [0.3, 0.4) is 0 Å². The number of rotatable bonds is 5. The van der Waals surface area contributed by atoms with Crippen molar-refractivity contribution >= 4 is 23.5 Å². The molecule has 4 rings (SSSR count). The molecule has 1 atom stereocenters. The molecule has 29 heavy (non-hydrogen) atoms. The fourth-order valence-corrected chi connectivity index (χ4v) is 4.11. The van der Waals surface area contributed by atoms with Gasteiger partial charge in [-0.25, -0.2) is 9.37 Å². The molecule has 148 valence electrons. The summed E-state index contributed by atoms with van der Waals surface area (Å²) in [4.78, 5) is 32.4. The highest BCUT2D eigenvalue weighted by atomic mass is 32.2. The zero-order chi connectivity index (χ0) is 20.4. The van der Waals surface area contributed by atoms with E-state index in [2.05, 4.69) is 15.3 Å². The normalized spacial score (nSPS) is 15.5. The molecule has 2 N–H and O–H groups in total. The zero-order valence-corrected chi connectivity index (χ0v) is 16.4. The lowest BCUT2D eigenvalue weighted by molar-refractivity contribution is -0.116. The number of halogens is 1. The number of amides is 1. The molecule has 0 spiro atoms. The molecule has 0 fully saturated rings. The summed E-state index contributed by atoms with van der Waals surface area (Å²) >= 11 is 1.31. The van der Waals surface area contributed by atoms with E-state index < -0.39 is 5.92 Å². The van der Waals surface area contributed by atoms with Crippen LogP contribution in [-0.4, -0.2) is 23.0 Å². The lowest BCUT2D eigenvalue weighted by Crippen LogP contribution is -2.31. The number of carbonyl (C=O) groups is 1. The van der Waals surface area contributed by atoms with Gasteiger partial charge >= 0.3 is 0 Å². The van der Waals surface area contributed by atoms with Crippen molar-refractivity contribution in [3.05, 3.63) is 81.4 Å². The van der Waals surface area contributed by atoms with Gasteiger partial charge in [-0.3, -0.25) is 9.59 Å². The minimum Gasteiger partial charge on any atom is -0.497 e. The molecule has 1 unspecified atom stereocenters. The van der Waals surface area contributed by atoms with Crippen molar-refractivity contribution in [2.75, 3.05) is 12.4 Å². The third-order valence-electron chi connectivity index (χ3n) is 4.71. The molecule has 0 aliphatic carbocycles. The number of ether oxygens (including phenoxy) is 1. The van der Waals surface area contributed by atoms with E-state index in [0.717, 1.165) is 11.1 Å². The van der Waals surface area contributed by atoms with Crippen molar-refractivity contribution in [3.8, 4) is 5.75 Å². The summed E-state index contributed by atoms with van der Waals surface area (Å²) in [5.41, 5.74) is 1.86. The Morgan fingerprint density at radius 1 is 1.21 bits per heavy atom. The summed E-state index contributed by atoms with van der Waals surface area (Å²) in [6, 6.07) is 13.5. The first-order valence-electron chi connectivity index (χ1n) is 8.99. The van der Waals surface area contributed by atoms with Gasteiger partial charge in [0.1, 0.15) is 17.4 Å². The first kappa shape index (κ1) is 19.2. The van der Waals surface area contributed by atoms with Gasteiger partial charge in [0.25, 0.3) is 5.56 Å². The molecule has 0 radical (unpaired) electrons. The Hall–Kier alpha value is -3.13. The predicted molar refractivity (Wildman–Crippen MR) is 109 cm³/mol. The van der Waals surface area contributed by atoms with Crippen molar-refractivity contribution in [1.29, 1.82) is 0 Å². The van der Waals surface area contributed by atoms with Gasteiger partial charge in [-0.2, -0.15) is 0 Å². The van der Waals surface area contributed by atoms with Crippen molar-refractivity contribution < 1.29 is 13.9 Å². The smallest absolute Gasteiger partial charge is 0.257 e. The van der Waals surface area contributed by atoms with E-state index in [0.29, 0.717) is 22.2 Å². The minimum atomic E-state index is -0.402. The number of thioether (sulfide) groups is 1. The van der Waals surface area contributed by atoms with Gasteiger partial charge in [-0.15, -0.1) is 0 Å². The molecule has 0 saturated carbocycles. The number of benzene rings is 2. The van der Waals surface area contributed by atoms with Crippen LogP contribution in [0.5, 0.6) is 5.75 Å². The Morgan fingerprint density at radius 3 is 2.76 bits per heavy atom. The first-order chi connectivity index (χ1) is 14.0. The largest absolute Gasteiger partial charge is 0.497 e. The topological polar surface area (TPSA) is 84.1 Å². The van der Waals surface area contributed by atoms with E-state index in [9.17, 15) is 14.0 Å². The molecule has 1 aliphatic rings. The van der Waals surface area contributed by atoms with Gasteiger partial charge in [-0.05, 0) is 35.4 Å². The molecule has 0 saturated heterocycles. The van der Waals surface area contributed by atoms with Crippen LogP contribution >= 0.6 is 11.8 Å². The highest BCUT2D eigenvalue weighted by Gasteiger charge is 2.31. The maximum atomic E-state index is 13.0. The van der Waals surface area contributed by atoms with Crippen LogP contribution < -0.4 is 15.6 Å². The number of nitrogens with zero attached hydrogens (tertiary/aromatic N) is 1. The van der Waals surface area contributed by atoms with Crippen molar-refractivity contribution in [2.24, 2.45) is 0 Å². The average Bonchev–Trinajstić information content (AvgIpc) is 2.72. The third kappa shape index (κ3) is 4.17. The van der Waals surface area contributed by atoms with Gasteiger partial charge in [0.2, 0.25) is 5.91 Å². The van der Waals surface area contributed by atoms with E-state index in [1.54, 1.807) is 19.2 Å². The number of hydrogen-bond donors (Lipinski definition) is 2. The number of H-pyrrole nitrogens is 1. The van der Waals surface area contributed by atoms with Crippen LogP contribution in [0.25, 0.3) is 0 Å². The summed E-state index contributed by atoms with van der Waals surface area (Å²) in [7, 11) is 1.57. The van der Waals surface area contributed by atoms with E-state index in [4.69, 9.17) is 4.74 Å². The quantitative estimate of drug-likeness (QED) is 0.494. The van der Waals surface area contributed by atoms with Crippen LogP contribution in [0.2, 0.25) is 0 Å². The molecule has 2 heterocycles. The number of nitrogens with one attached hydrogen (secondary N) is 2. The number of aromatic nitrogens is 2. The average molecular weight is 411 g/mol. The molecule has 6 nitrogen and oxygen atoms in total. The molecule has 1 amide bonds. The number of anilines is 1. The van der Waals surface area contributed by atoms with Crippen LogP contribution in [0.4, 0.5) is 10.2 Å². The molecule has 1 aromatic heterocycles. The van der Waals surface area contributed by atoms with Crippen molar-refractivity contribution in [1.82, 2.24) is 9.97 Å². The third-order valence-corrected chi connectivity index (χ3v) is 5.66. The number of fused-ring (bicyclic) bond motifs is 1. The maximum absolute atomic E-state index is 13.0. The van der Waals surface area contributed by atoms with Crippen LogP contribution in [0.15, 0.2) is 58.5 Å². The molecule has 8 heteroatoms. The van der Waals surface area contributed by atoms with E-state index in [1.165, 1.54) is 23.9 Å². The van der Waals surface area contributed by atoms with Crippen molar-refractivity contribution in [2.45, 2.75) is 23.2 Å². The van der Waals surface area contributed by atoms with Crippen LogP contribution in [0, 0.1) is 5.82 Å². The number of aromatic amines is 1. The standard InChI is InChI=1S/C21H18FN3O3S/c1-28-15-4-2-3-13(9-15)16-10-17(26)23-19-18(16)20(27)25-21(24-19)29-11-12-5-7-14(22)8-6-12/h2-9,16H,10-11H2,1H3,(H2,23,24,25,26,27). The van der Waals surface area contributed by atoms with Gasteiger partial charge < -0.3 is 15.0 Å². The van der Waals surface area contributed by atoms with Crippen LogP contribution in [-0.2, 0) is 10.5 Å². The highest BCUT2D eigenvalue weighted by Crippen LogP contribution is 2.35. The summed E-state index contributed by atoms with van der Waals surface area (Å²) in [5.74, 6) is 0.546. The van der Waals surface area contributed by atoms with Gasteiger partial charge in [0, 0.05) is 18.1 Å². The SMILES string of the molecule is COc1cccc(C2CC(=O)Nc3nc(SCc4ccc(F)cc4)[nH]c(=O)c32)c1. The van der Waals surface area contributed by atoms with E-state index in [1.807, 2.05) is 24.3 Å². The summed E-state index contributed by atoms with van der Waals surface area (Å²) in [6.07, 6.45) is 0.160. The second-order valence-corrected chi connectivity index (χ2v) is 7.59. The monoisotopic (exact) mass is 411 g/mol. The van der Waals surface area contributed by atoms with Gasteiger partial charge in [0.05, 0.1) is 12.7 Å². The lowest BCUT2D eigenvalue weighted by atomic mass is 9.87. The van der Waals surface area contributed by atoms with E-state index in [-0.39, 0.29) is 29.5 Å². The Bertz CT molecular complexity index is 1110. The predicted octanol–water partition coefficient (Wildman–Crippen LogP) is 3.68. The van der Waals surface area contributed by atoms with Crippen LogP contribution in [0.1, 0.15) is 29.0 Å². The molecule has 0 bridgehead atoms. The van der Waals surface area contributed by atoms with Crippen molar-refractivity contribution in [3.63, 3.8) is 0 Å². The fourth-order valence-electron chi connectivity index (χ4n) is 3.29. The molecule has 3 aromatic rings. The molecule has 2 aromatic carbocycles. The van der Waals surface area contributed by atoms with Gasteiger partial charge in [-0.1, -0.05) is 36.0 Å². The Morgan fingerprint density at radius 2 is 2.00 bits per heavy atom. The lowest BCUT2D eigenvalue weighted by Gasteiger charge is -2.24. The van der Waals surface area contributed by atoms with E-state index >= 15 is 0 Å². The Labute approximate surface area is 170 Å². The number of hydrogen-bond acceptors (Lipinski definition) is 5. The number of carbonyl (C=O) groups excluding carboxylic acids is 1. The highest BCUT2D eigenvalue weighted by molar-refractivity contribution is 7.98. The maximum Gasteiger partial charge on any atom is 0.257 e. The second-order valence-electron chi connectivity index (χ2n) is 6.63.